The van der Waals surface area contributed by atoms with Gasteiger partial charge in [0.25, 0.3) is 0 Å². The molecule has 0 bridgehead atoms. The van der Waals surface area contributed by atoms with Crippen LogP contribution >= 0.6 is 27.3 Å². The minimum absolute atomic E-state index is 0.0507. The quantitative estimate of drug-likeness (QED) is 0.878. The molecule has 0 saturated carbocycles. The highest BCUT2D eigenvalue weighted by atomic mass is 79.9. The average Bonchev–Trinajstić information content (AvgIpc) is 2.77. The Labute approximate surface area is 115 Å². The van der Waals surface area contributed by atoms with Gasteiger partial charge in [0.15, 0.2) is 10.8 Å². The third-order valence-electron chi connectivity index (χ3n) is 2.09. The van der Waals surface area contributed by atoms with Crippen molar-refractivity contribution < 1.29 is 13.9 Å². The van der Waals surface area contributed by atoms with E-state index in [1.54, 1.807) is 12.1 Å². The van der Waals surface area contributed by atoms with Gasteiger partial charge in [-0.2, -0.15) is 0 Å². The minimum atomic E-state index is -0.552. The Kier molecular flexibility index (Phi) is 3.93. The van der Waals surface area contributed by atoms with Gasteiger partial charge in [-0.1, -0.05) is 6.07 Å². The molecule has 1 heterocycles. The van der Waals surface area contributed by atoms with Gasteiger partial charge in [-0.3, -0.25) is 0 Å². The molecule has 0 saturated heterocycles. The number of nitrogen functional groups attached to an aromatic ring is 1. The maximum atomic E-state index is 13.0. The number of carbonyl (C=O) groups excluding carboxylic acids is 1. The predicted octanol–water partition coefficient (Wildman–Crippen LogP) is 2.98. The molecular formula is C11H8BrFN2O2S. The fourth-order valence-corrected chi connectivity index (χ4v) is 2.19. The van der Waals surface area contributed by atoms with Gasteiger partial charge >= 0.3 is 5.97 Å². The Bertz CT molecular complexity index is 588. The van der Waals surface area contributed by atoms with E-state index in [0.29, 0.717) is 15.2 Å². The molecule has 2 rings (SSSR count). The van der Waals surface area contributed by atoms with Crippen LogP contribution in [0.4, 0.5) is 9.52 Å². The number of rotatable bonds is 3. The number of anilines is 1. The second kappa shape index (κ2) is 5.45. The van der Waals surface area contributed by atoms with Gasteiger partial charge in [0.1, 0.15) is 12.4 Å². The standard InChI is InChI=1S/C11H8BrFN2O2S/c12-7-3-6(1-2-8(7)13)4-17-10(16)9-5-18-11(14)15-9/h1-3,5H,4H2,(H2,14,15). The van der Waals surface area contributed by atoms with Crippen molar-refractivity contribution in [2.45, 2.75) is 6.61 Å². The monoisotopic (exact) mass is 330 g/mol. The third-order valence-corrected chi connectivity index (χ3v) is 3.37. The second-order valence-corrected chi connectivity index (χ2v) is 5.14. The summed E-state index contributed by atoms with van der Waals surface area (Å²) in [4.78, 5) is 15.4. The molecule has 0 amide bonds. The van der Waals surface area contributed by atoms with Crippen LogP contribution in [0.5, 0.6) is 0 Å². The van der Waals surface area contributed by atoms with Crippen molar-refractivity contribution in [3.8, 4) is 0 Å². The van der Waals surface area contributed by atoms with Crippen LogP contribution in [0.15, 0.2) is 28.1 Å². The van der Waals surface area contributed by atoms with Crippen molar-refractivity contribution in [2.24, 2.45) is 0 Å². The van der Waals surface area contributed by atoms with Gasteiger partial charge in [0, 0.05) is 5.38 Å². The Morgan fingerprint density at radius 3 is 2.94 bits per heavy atom. The lowest BCUT2D eigenvalue weighted by molar-refractivity contribution is 0.0466. The lowest BCUT2D eigenvalue weighted by Crippen LogP contribution is -2.06. The minimum Gasteiger partial charge on any atom is -0.456 e. The van der Waals surface area contributed by atoms with Crippen LogP contribution in [-0.2, 0) is 11.3 Å². The predicted molar refractivity (Wildman–Crippen MR) is 69.7 cm³/mol. The van der Waals surface area contributed by atoms with Gasteiger partial charge in [0.05, 0.1) is 4.47 Å². The average molecular weight is 331 g/mol. The van der Waals surface area contributed by atoms with Crippen LogP contribution in [0, 0.1) is 5.82 Å². The van der Waals surface area contributed by atoms with Crippen LogP contribution < -0.4 is 5.73 Å². The normalized spacial score (nSPS) is 10.3. The molecule has 0 spiro atoms. The van der Waals surface area contributed by atoms with E-state index in [1.807, 2.05) is 0 Å². The van der Waals surface area contributed by atoms with E-state index in [0.717, 1.165) is 0 Å². The number of esters is 1. The first-order valence-corrected chi connectivity index (χ1v) is 6.55. The number of ether oxygens (including phenoxy) is 1. The summed E-state index contributed by atoms with van der Waals surface area (Å²) < 4.78 is 18.3. The van der Waals surface area contributed by atoms with Crippen molar-refractivity contribution in [3.63, 3.8) is 0 Å². The molecule has 4 nitrogen and oxygen atoms in total. The molecule has 7 heteroatoms. The largest absolute Gasteiger partial charge is 0.456 e. The molecule has 2 N–H and O–H groups in total. The number of aromatic nitrogens is 1. The summed E-state index contributed by atoms with van der Waals surface area (Å²) in [5, 5.41) is 1.84. The summed E-state index contributed by atoms with van der Waals surface area (Å²) >= 11 is 4.23. The van der Waals surface area contributed by atoms with Crippen LogP contribution in [0.1, 0.15) is 16.1 Å². The summed E-state index contributed by atoms with van der Waals surface area (Å²) in [6.45, 7) is 0.0507. The smallest absolute Gasteiger partial charge is 0.358 e. The topological polar surface area (TPSA) is 65.2 Å². The molecule has 0 aliphatic heterocycles. The summed E-state index contributed by atoms with van der Waals surface area (Å²) in [6.07, 6.45) is 0. The Morgan fingerprint density at radius 1 is 1.56 bits per heavy atom. The number of hydrogen-bond acceptors (Lipinski definition) is 5. The summed E-state index contributed by atoms with van der Waals surface area (Å²) in [5.41, 5.74) is 6.27. The van der Waals surface area contributed by atoms with Crippen LogP contribution in [0.25, 0.3) is 0 Å². The number of nitrogens with zero attached hydrogens (tertiary/aromatic N) is 1. The maximum absolute atomic E-state index is 13.0. The Balaban J connectivity index is 1.99. The SMILES string of the molecule is Nc1nc(C(=O)OCc2ccc(F)c(Br)c2)cs1. The molecule has 1 aromatic heterocycles. The Morgan fingerprint density at radius 2 is 2.33 bits per heavy atom. The molecular weight excluding hydrogens is 323 g/mol. The first-order valence-electron chi connectivity index (χ1n) is 4.88. The van der Waals surface area contributed by atoms with E-state index < -0.39 is 5.97 Å². The summed E-state index contributed by atoms with van der Waals surface area (Å²) in [7, 11) is 0. The van der Waals surface area contributed by atoms with Crippen molar-refractivity contribution in [2.75, 3.05) is 5.73 Å². The highest BCUT2D eigenvalue weighted by Gasteiger charge is 2.11. The van der Waals surface area contributed by atoms with E-state index in [4.69, 9.17) is 10.5 Å². The Hall–Kier alpha value is -1.47. The number of benzene rings is 1. The zero-order valence-corrected chi connectivity index (χ0v) is 11.4. The van der Waals surface area contributed by atoms with Gasteiger partial charge in [-0.25, -0.2) is 14.2 Å². The number of halogens is 2. The van der Waals surface area contributed by atoms with E-state index in [-0.39, 0.29) is 18.1 Å². The fraction of sp³-hybridized carbons (Fsp3) is 0.0909. The van der Waals surface area contributed by atoms with Crippen LogP contribution in [0.2, 0.25) is 0 Å². The highest BCUT2D eigenvalue weighted by Crippen LogP contribution is 2.18. The van der Waals surface area contributed by atoms with Gasteiger partial charge < -0.3 is 10.5 Å². The summed E-state index contributed by atoms with van der Waals surface area (Å²) in [6, 6.07) is 4.40. The number of carbonyl (C=O) groups is 1. The first kappa shape index (κ1) is 13.0. The number of nitrogens with two attached hydrogens (primary N) is 1. The van der Waals surface area contributed by atoms with Crippen molar-refractivity contribution in [3.05, 3.63) is 45.1 Å². The third kappa shape index (κ3) is 3.05. The number of thiazole rings is 1. The molecule has 0 fully saturated rings. The van der Waals surface area contributed by atoms with Gasteiger partial charge in [-0.05, 0) is 33.6 Å². The fourth-order valence-electron chi connectivity index (χ4n) is 1.23. The van der Waals surface area contributed by atoms with Gasteiger partial charge in [-0.15, -0.1) is 11.3 Å². The zero-order chi connectivity index (χ0) is 13.1. The molecule has 0 radical (unpaired) electrons. The van der Waals surface area contributed by atoms with E-state index in [9.17, 15) is 9.18 Å². The molecule has 1 aromatic carbocycles. The molecule has 0 aliphatic rings. The first-order chi connectivity index (χ1) is 8.56. The van der Waals surface area contributed by atoms with Gasteiger partial charge in [0.2, 0.25) is 0 Å². The van der Waals surface area contributed by atoms with E-state index in [1.165, 1.54) is 22.8 Å². The molecule has 0 unspecified atom stereocenters. The highest BCUT2D eigenvalue weighted by molar-refractivity contribution is 9.10. The molecule has 94 valence electrons. The summed E-state index contributed by atoms with van der Waals surface area (Å²) in [5.74, 6) is -0.916. The molecule has 2 aromatic rings. The van der Waals surface area contributed by atoms with Crippen molar-refractivity contribution >= 4 is 38.4 Å². The lowest BCUT2D eigenvalue weighted by Gasteiger charge is -2.04. The van der Waals surface area contributed by atoms with Crippen LogP contribution in [0.3, 0.4) is 0 Å². The molecule has 0 aliphatic carbocycles. The lowest BCUT2D eigenvalue weighted by atomic mass is 10.2. The maximum Gasteiger partial charge on any atom is 0.358 e. The van der Waals surface area contributed by atoms with E-state index >= 15 is 0 Å². The van der Waals surface area contributed by atoms with Crippen molar-refractivity contribution in [1.82, 2.24) is 4.98 Å². The van der Waals surface area contributed by atoms with Crippen LogP contribution in [-0.4, -0.2) is 11.0 Å². The molecule has 0 atom stereocenters. The second-order valence-electron chi connectivity index (χ2n) is 3.40. The number of hydrogen-bond donors (Lipinski definition) is 1. The molecule has 18 heavy (non-hydrogen) atoms. The van der Waals surface area contributed by atoms with Crippen molar-refractivity contribution in [1.29, 1.82) is 0 Å². The zero-order valence-electron chi connectivity index (χ0n) is 9.02. The van der Waals surface area contributed by atoms with E-state index in [2.05, 4.69) is 20.9 Å².